The Morgan fingerprint density at radius 1 is 1.14 bits per heavy atom. The topological polar surface area (TPSA) is 86.3 Å². The first-order valence-corrected chi connectivity index (χ1v) is 9.12. The lowest BCUT2D eigenvalue weighted by molar-refractivity contribution is 0.0520. The summed E-state index contributed by atoms with van der Waals surface area (Å²) in [6.45, 7) is 2.15. The van der Waals surface area contributed by atoms with Crippen molar-refractivity contribution in [3.8, 4) is 22.8 Å². The molecule has 0 fully saturated rings. The summed E-state index contributed by atoms with van der Waals surface area (Å²) in [5, 5.41) is 11.2. The van der Waals surface area contributed by atoms with Gasteiger partial charge in [0.05, 0.1) is 18.7 Å². The van der Waals surface area contributed by atoms with Gasteiger partial charge in [-0.15, -0.1) is 5.10 Å². The van der Waals surface area contributed by atoms with Crippen LogP contribution in [0, 0.1) is 0 Å². The molecule has 0 spiro atoms. The van der Waals surface area contributed by atoms with Crippen LogP contribution in [0.15, 0.2) is 36.4 Å². The molecular weight excluding hydrogens is 405 g/mol. The predicted octanol–water partition coefficient (Wildman–Crippen LogP) is 4.54. The number of hydrogen-bond acceptors (Lipinski definition) is 6. The molecule has 1 N–H and O–H groups in total. The highest BCUT2D eigenvalue weighted by molar-refractivity contribution is 6.32. The van der Waals surface area contributed by atoms with Crippen LogP contribution >= 0.6 is 23.2 Å². The summed E-state index contributed by atoms with van der Waals surface area (Å²) in [6.07, 6.45) is 0. The van der Waals surface area contributed by atoms with Gasteiger partial charge >= 0.3 is 5.97 Å². The zero-order valence-electron chi connectivity index (χ0n) is 15.2. The molecule has 2 aromatic carbocycles. The molecule has 7 nitrogen and oxygen atoms in total. The second-order valence-corrected chi connectivity index (χ2v) is 6.43. The van der Waals surface area contributed by atoms with Gasteiger partial charge in [-0.2, -0.15) is 10.3 Å². The normalized spacial score (nSPS) is 10.6. The van der Waals surface area contributed by atoms with Crippen molar-refractivity contribution in [2.24, 2.45) is 0 Å². The van der Waals surface area contributed by atoms with E-state index in [1.165, 1.54) is 7.11 Å². The molecule has 9 heteroatoms. The quantitative estimate of drug-likeness (QED) is 0.563. The van der Waals surface area contributed by atoms with Gasteiger partial charge in [-0.3, -0.25) is 0 Å². The standard InChI is InChI=1S/C19H17Cl2N3O4/c1-3-27-19(25)17-16(22-24-23-17)12-8-14(21)18(15(9-12)26-2)28-10-11-6-4-5-7-13(11)20/h4-9H,3,10H2,1-2H3,(H,22,23,24). The number of nitrogens with one attached hydrogen (secondary N) is 1. The number of esters is 1. The maximum atomic E-state index is 12.1. The predicted molar refractivity (Wildman–Crippen MR) is 105 cm³/mol. The minimum absolute atomic E-state index is 0.0599. The van der Waals surface area contributed by atoms with Crippen LogP contribution in [-0.4, -0.2) is 35.1 Å². The third kappa shape index (κ3) is 4.21. The highest BCUT2D eigenvalue weighted by Crippen LogP contribution is 2.40. The Kier molecular flexibility index (Phi) is 6.38. The molecule has 146 valence electrons. The molecule has 0 saturated heterocycles. The number of carbonyl (C=O) groups is 1. The minimum atomic E-state index is -0.583. The number of rotatable bonds is 7. The van der Waals surface area contributed by atoms with Crippen LogP contribution < -0.4 is 9.47 Å². The number of halogens is 2. The SMILES string of the molecule is CCOC(=O)c1n[nH]nc1-c1cc(Cl)c(OCc2ccccc2Cl)c(OC)c1. The van der Waals surface area contributed by atoms with Gasteiger partial charge in [-0.05, 0) is 25.1 Å². The van der Waals surface area contributed by atoms with E-state index in [0.29, 0.717) is 32.8 Å². The van der Waals surface area contributed by atoms with E-state index in [2.05, 4.69) is 15.4 Å². The number of methoxy groups -OCH3 is 1. The zero-order chi connectivity index (χ0) is 20.1. The highest BCUT2D eigenvalue weighted by Gasteiger charge is 2.22. The number of benzene rings is 2. The Morgan fingerprint density at radius 2 is 1.93 bits per heavy atom. The van der Waals surface area contributed by atoms with Crippen LogP contribution in [-0.2, 0) is 11.3 Å². The van der Waals surface area contributed by atoms with Crippen molar-refractivity contribution in [2.45, 2.75) is 13.5 Å². The number of hydrogen-bond donors (Lipinski definition) is 1. The van der Waals surface area contributed by atoms with Gasteiger partial charge < -0.3 is 14.2 Å². The van der Waals surface area contributed by atoms with Crippen LogP contribution in [0.5, 0.6) is 11.5 Å². The Balaban J connectivity index is 1.92. The summed E-state index contributed by atoms with van der Waals surface area (Å²) in [7, 11) is 1.49. The monoisotopic (exact) mass is 421 g/mol. The lowest BCUT2D eigenvalue weighted by Crippen LogP contribution is -2.07. The van der Waals surface area contributed by atoms with Crippen molar-refractivity contribution in [3.63, 3.8) is 0 Å². The summed E-state index contributed by atoms with van der Waals surface area (Å²) >= 11 is 12.6. The van der Waals surface area contributed by atoms with E-state index in [1.54, 1.807) is 25.1 Å². The van der Waals surface area contributed by atoms with Gasteiger partial charge in [0.25, 0.3) is 0 Å². The van der Waals surface area contributed by atoms with E-state index >= 15 is 0 Å². The number of nitrogens with zero attached hydrogens (tertiary/aromatic N) is 2. The number of H-pyrrole nitrogens is 1. The van der Waals surface area contributed by atoms with E-state index in [9.17, 15) is 4.79 Å². The first-order chi connectivity index (χ1) is 13.5. The lowest BCUT2D eigenvalue weighted by atomic mass is 10.1. The van der Waals surface area contributed by atoms with Crippen LogP contribution in [0.2, 0.25) is 10.0 Å². The maximum Gasteiger partial charge on any atom is 0.361 e. The molecule has 3 rings (SSSR count). The van der Waals surface area contributed by atoms with Crippen LogP contribution in [0.1, 0.15) is 23.0 Å². The first kappa shape index (κ1) is 20.0. The molecule has 0 saturated carbocycles. The second kappa shape index (κ2) is 8.95. The van der Waals surface area contributed by atoms with Crippen molar-refractivity contribution in [2.75, 3.05) is 13.7 Å². The van der Waals surface area contributed by atoms with Gasteiger partial charge in [-0.1, -0.05) is 41.4 Å². The van der Waals surface area contributed by atoms with Crippen molar-refractivity contribution >= 4 is 29.2 Å². The molecule has 0 aliphatic carbocycles. The molecule has 0 amide bonds. The van der Waals surface area contributed by atoms with Crippen molar-refractivity contribution in [1.29, 1.82) is 0 Å². The maximum absolute atomic E-state index is 12.1. The van der Waals surface area contributed by atoms with Crippen molar-refractivity contribution < 1.29 is 19.0 Å². The fourth-order valence-electron chi connectivity index (χ4n) is 2.54. The van der Waals surface area contributed by atoms with E-state index < -0.39 is 5.97 Å². The smallest absolute Gasteiger partial charge is 0.361 e. The number of carbonyl (C=O) groups excluding carboxylic acids is 1. The van der Waals surface area contributed by atoms with E-state index in [1.807, 2.05) is 18.2 Å². The summed E-state index contributed by atoms with van der Waals surface area (Å²) in [5.41, 5.74) is 1.71. The number of aromatic amines is 1. The summed E-state index contributed by atoms with van der Waals surface area (Å²) in [4.78, 5) is 12.1. The molecule has 28 heavy (non-hydrogen) atoms. The van der Waals surface area contributed by atoms with Crippen LogP contribution in [0.25, 0.3) is 11.3 Å². The van der Waals surface area contributed by atoms with Crippen molar-refractivity contribution in [3.05, 3.63) is 57.7 Å². The Labute approximate surface area is 171 Å². The van der Waals surface area contributed by atoms with Crippen LogP contribution in [0.4, 0.5) is 0 Å². The third-order valence-electron chi connectivity index (χ3n) is 3.85. The molecule has 3 aromatic rings. The van der Waals surface area contributed by atoms with Gasteiger partial charge in [0.15, 0.2) is 17.2 Å². The third-order valence-corrected chi connectivity index (χ3v) is 4.50. The van der Waals surface area contributed by atoms with E-state index in [0.717, 1.165) is 5.56 Å². The minimum Gasteiger partial charge on any atom is -0.493 e. The Bertz CT molecular complexity index is 991. The Hall–Kier alpha value is -2.77. The molecule has 0 aliphatic heterocycles. The van der Waals surface area contributed by atoms with E-state index in [-0.39, 0.29) is 18.9 Å². The molecule has 1 heterocycles. The molecule has 0 radical (unpaired) electrons. The van der Waals surface area contributed by atoms with Gasteiger partial charge in [0.1, 0.15) is 12.3 Å². The second-order valence-electron chi connectivity index (χ2n) is 5.61. The van der Waals surface area contributed by atoms with Crippen molar-refractivity contribution in [1.82, 2.24) is 15.4 Å². The molecule has 0 aliphatic rings. The molecule has 0 atom stereocenters. The van der Waals surface area contributed by atoms with E-state index in [4.69, 9.17) is 37.4 Å². The highest BCUT2D eigenvalue weighted by atomic mass is 35.5. The van der Waals surface area contributed by atoms with Gasteiger partial charge in [0.2, 0.25) is 0 Å². The summed E-state index contributed by atoms with van der Waals surface area (Å²) in [5.74, 6) is 0.154. The fraction of sp³-hybridized carbons (Fsp3) is 0.211. The first-order valence-electron chi connectivity index (χ1n) is 8.37. The van der Waals surface area contributed by atoms with Gasteiger partial charge in [-0.25, -0.2) is 4.79 Å². The number of ether oxygens (including phenoxy) is 3. The number of aromatic nitrogens is 3. The molecule has 0 bridgehead atoms. The zero-order valence-corrected chi connectivity index (χ0v) is 16.7. The Morgan fingerprint density at radius 3 is 2.64 bits per heavy atom. The lowest BCUT2D eigenvalue weighted by Gasteiger charge is -2.14. The van der Waals surface area contributed by atoms with Crippen LogP contribution in [0.3, 0.4) is 0 Å². The summed E-state index contributed by atoms with van der Waals surface area (Å²) < 4.78 is 16.2. The summed E-state index contributed by atoms with van der Waals surface area (Å²) in [6, 6.07) is 10.6. The largest absolute Gasteiger partial charge is 0.493 e. The molecule has 1 aromatic heterocycles. The fourth-order valence-corrected chi connectivity index (χ4v) is 2.99. The average Bonchev–Trinajstić information content (AvgIpc) is 3.18. The molecule has 0 unspecified atom stereocenters. The van der Waals surface area contributed by atoms with Gasteiger partial charge in [0, 0.05) is 16.1 Å². The molecular formula is C19H17Cl2N3O4. The average molecular weight is 422 g/mol.